The van der Waals surface area contributed by atoms with Crippen LogP contribution in [0, 0.1) is 11.8 Å². The molecule has 2 aliphatic heterocycles. The molecule has 2 atom stereocenters. The highest BCUT2D eigenvalue weighted by Crippen LogP contribution is 2.19. The van der Waals surface area contributed by atoms with Crippen LogP contribution in [0.5, 0.6) is 0 Å². The first-order valence-electron chi connectivity index (χ1n) is 7.31. The third kappa shape index (κ3) is 3.26. The van der Waals surface area contributed by atoms with Crippen molar-refractivity contribution in [2.75, 3.05) is 32.7 Å². The van der Waals surface area contributed by atoms with E-state index in [1.165, 1.54) is 0 Å². The number of nitrogens with one attached hydrogen (secondary N) is 1. The Morgan fingerprint density at radius 2 is 2.11 bits per heavy atom. The smallest absolute Gasteiger partial charge is 0.245 e. The van der Waals surface area contributed by atoms with E-state index >= 15 is 0 Å². The molecule has 2 rings (SSSR count). The minimum absolute atomic E-state index is 0.0244. The predicted molar refractivity (Wildman–Crippen MR) is 73.6 cm³/mol. The molecule has 2 fully saturated rings. The molecule has 0 aromatic carbocycles. The highest BCUT2D eigenvalue weighted by atomic mass is 16.2. The average molecular weight is 267 g/mol. The standard InChI is InChI=1S/C14H25N3O2/c1-4-16-6-5-11(7-16)8-17-9-12(18)15-13(10(2)3)14(17)19/h10-11,13H,4-9H2,1-3H3,(H,15,18). The molecule has 5 nitrogen and oxygen atoms in total. The second-order valence-electron chi connectivity index (χ2n) is 6.06. The fourth-order valence-electron chi connectivity index (χ4n) is 3.00. The number of carbonyl (C=O) groups is 2. The van der Waals surface area contributed by atoms with Gasteiger partial charge in [0.25, 0.3) is 0 Å². The molecular weight excluding hydrogens is 242 g/mol. The van der Waals surface area contributed by atoms with E-state index in [4.69, 9.17) is 0 Å². The van der Waals surface area contributed by atoms with Crippen molar-refractivity contribution in [2.24, 2.45) is 11.8 Å². The Hall–Kier alpha value is -1.10. The van der Waals surface area contributed by atoms with Crippen molar-refractivity contribution in [1.82, 2.24) is 15.1 Å². The normalized spacial score (nSPS) is 29.2. The molecular formula is C14H25N3O2. The number of rotatable bonds is 4. The van der Waals surface area contributed by atoms with E-state index in [2.05, 4.69) is 17.1 Å². The summed E-state index contributed by atoms with van der Waals surface area (Å²) in [7, 11) is 0. The zero-order chi connectivity index (χ0) is 14.0. The van der Waals surface area contributed by atoms with Gasteiger partial charge in [-0.25, -0.2) is 0 Å². The first-order valence-corrected chi connectivity index (χ1v) is 7.31. The highest BCUT2D eigenvalue weighted by Gasteiger charge is 2.36. The van der Waals surface area contributed by atoms with Crippen molar-refractivity contribution >= 4 is 11.8 Å². The quantitative estimate of drug-likeness (QED) is 0.797. The highest BCUT2D eigenvalue weighted by molar-refractivity contribution is 5.94. The monoisotopic (exact) mass is 267 g/mol. The van der Waals surface area contributed by atoms with Gasteiger partial charge in [-0.15, -0.1) is 0 Å². The van der Waals surface area contributed by atoms with Crippen molar-refractivity contribution in [2.45, 2.75) is 33.2 Å². The molecule has 1 N–H and O–H groups in total. The minimum Gasteiger partial charge on any atom is -0.343 e. The molecule has 0 aromatic heterocycles. The van der Waals surface area contributed by atoms with Crippen LogP contribution in [0.2, 0.25) is 0 Å². The van der Waals surface area contributed by atoms with Crippen LogP contribution >= 0.6 is 0 Å². The van der Waals surface area contributed by atoms with Crippen LogP contribution in [0.15, 0.2) is 0 Å². The molecule has 0 bridgehead atoms. The summed E-state index contributed by atoms with van der Waals surface area (Å²) >= 11 is 0. The van der Waals surface area contributed by atoms with Crippen LogP contribution in [0.1, 0.15) is 27.2 Å². The number of nitrogens with zero attached hydrogens (tertiary/aromatic N) is 2. The number of amides is 2. The molecule has 2 saturated heterocycles. The van der Waals surface area contributed by atoms with Crippen LogP contribution in [0.4, 0.5) is 0 Å². The molecule has 5 heteroatoms. The van der Waals surface area contributed by atoms with Gasteiger partial charge in [0.05, 0.1) is 6.54 Å². The summed E-state index contributed by atoms with van der Waals surface area (Å²) in [6.07, 6.45) is 1.13. The average Bonchev–Trinajstić information content (AvgIpc) is 2.80. The number of carbonyl (C=O) groups excluding carboxylic acids is 2. The Balaban J connectivity index is 1.95. The number of hydrogen-bond donors (Lipinski definition) is 1. The zero-order valence-electron chi connectivity index (χ0n) is 12.2. The van der Waals surface area contributed by atoms with E-state index in [1.807, 2.05) is 13.8 Å². The maximum atomic E-state index is 12.3. The van der Waals surface area contributed by atoms with Crippen molar-refractivity contribution in [3.05, 3.63) is 0 Å². The molecule has 0 aliphatic carbocycles. The summed E-state index contributed by atoms with van der Waals surface area (Å²) in [4.78, 5) is 28.2. The molecule has 2 amide bonds. The Kier molecular flexibility index (Phi) is 4.45. The topological polar surface area (TPSA) is 52.6 Å². The second kappa shape index (κ2) is 5.90. The SMILES string of the molecule is CCN1CCC(CN2CC(=O)NC(C(C)C)C2=O)C1. The maximum Gasteiger partial charge on any atom is 0.245 e. The Morgan fingerprint density at radius 3 is 2.68 bits per heavy atom. The minimum atomic E-state index is -0.343. The predicted octanol–water partition coefficient (Wildman–Crippen LogP) is 0.311. The lowest BCUT2D eigenvalue weighted by Crippen LogP contribution is -2.60. The van der Waals surface area contributed by atoms with E-state index in [0.29, 0.717) is 5.92 Å². The summed E-state index contributed by atoms with van der Waals surface area (Å²) in [5, 5.41) is 2.80. The fourth-order valence-corrected chi connectivity index (χ4v) is 3.00. The molecule has 0 saturated carbocycles. The van der Waals surface area contributed by atoms with Gasteiger partial charge in [-0.05, 0) is 31.3 Å². The van der Waals surface area contributed by atoms with Gasteiger partial charge in [0.2, 0.25) is 11.8 Å². The summed E-state index contributed by atoms with van der Waals surface area (Å²) in [5.41, 5.74) is 0. The van der Waals surface area contributed by atoms with Gasteiger partial charge in [0.15, 0.2) is 0 Å². The number of likely N-dealkylation sites (tertiary alicyclic amines) is 1. The van der Waals surface area contributed by atoms with Gasteiger partial charge < -0.3 is 15.1 Å². The van der Waals surface area contributed by atoms with E-state index in [0.717, 1.165) is 32.6 Å². The van der Waals surface area contributed by atoms with Gasteiger partial charge >= 0.3 is 0 Å². The lowest BCUT2D eigenvalue weighted by atomic mass is 9.99. The van der Waals surface area contributed by atoms with Crippen LogP contribution in [0.3, 0.4) is 0 Å². The molecule has 0 radical (unpaired) electrons. The van der Waals surface area contributed by atoms with Gasteiger partial charge in [-0.2, -0.15) is 0 Å². The molecule has 108 valence electrons. The van der Waals surface area contributed by atoms with Crippen molar-refractivity contribution in [3.63, 3.8) is 0 Å². The lowest BCUT2D eigenvalue weighted by molar-refractivity contribution is -0.146. The fraction of sp³-hybridized carbons (Fsp3) is 0.857. The molecule has 0 aromatic rings. The van der Waals surface area contributed by atoms with Crippen LogP contribution in [0.25, 0.3) is 0 Å². The molecule has 2 unspecified atom stereocenters. The van der Waals surface area contributed by atoms with E-state index < -0.39 is 0 Å². The molecule has 2 heterocycles. The van der Waals surface area contributed by atoms with E-state index in [9.17, 15) is 9.59 Å². The van der Waals surface area contributed by atoms with Gasteiger partial charge in [0.1, 0.15) is 6.04 Å². The van der Waals surface area contributed by atoms with Crippen molar-refractivity contribution in [3.8, 4) is 0 Å². The molecule has 2 aliphatic rings. The lowest BCUT2D eigenvalue weighted by Gasteiger charge is -2.35. The number of piperazine rings is 1. The summed E-state index contributed by atoms with van der Waals surface area (Å²) in [5.74, 6) is 0.728. The summed E-state index contributed by atoms with van der Waals surface area (Å²) in [6, 6.07) is -0.343. The van der Waals surface area contributed by atoms with Crippen LogP contribution in [-0.4, -0.2) is 60.4 Å². The second-order valence-corrected chi connectivity index (χ2v) is 6.06. The van der Waals surface area contributed by atoms with Gasteiger partial charge in [-0.3, -0.25) is 9.59 Å². The Bertz CT molecular complexity index is 357. The van der Waals surface area contributed by atoms with Crippen molar-refractivity contribution in [1.29, 1.82) is 0 Å². The molecule has 0 spiro atoms. The Morgan fingerprint density at radius 1 is 1.37 bits per heavy atom. The van der Waals surface area contributed by atoms with Crippen LogP contribution in [-0.2, 0) is 9.59 Å². The largest absolute Gasteiger partial charge is 0.343 e. The third-order valence-corrected chi connectivity index (χ3v) is 4.19. The van der Waals surface area contributed by atoms with Crippen molar-refractivity contribution < 1.29 is 9.59 Å². The third-order valence-electron chi connectivity index (χ3n) is 4.19. The summed E-state index contributed by atoms with van der Waals surface area (Å²) in [6.45, 7) is 10.3. The summed E-state index contributed by atoms with van der Waals surface area (Å²) < 4.78 is 0. The number of hydrogen-bond acceptors (Lipinski definition) is 3. The Labute approximate surface area is 115 Å². The van der Waals surface area contributed by atoms with Gasteiger partial charge in [-0.1, -0.05) is 20.8 Å². The van der Waals surface area contributed by atoms with Gasteiger partial charge in [0, 0.05) is 13.1 Å². The van der Waals surface area contributed by atoms with Crippen LogP contribution < -0.4 is 5.32 Å². The first kappa shape index (κ1) is 14.3. The maximum absolute atomic E-state index is 12.3. The first-order chi connectivity index (χ1) is 9.01. The van der Waals surface area contributed by atoms with E-state index in [-0.39, 0.29) is 30.3 Å². The van der Waals surface area contributed by atoms with E-state index in [1.54, 1.807) is 4.90 Å². The molecule has 19 heavy (non-hydrogen) atoms. The zero-order valence-corrected chi connectivity index (χ0v) is 12.2.